The smallest absolute Gasteiger partial charge is 0.146 e. The molecule has 0 saturated heterocycles. The number of methoxy groups -OCH3 is 1. The van der Waals surface area contributed by atoms with Crippen LogP contribution in [0.5, 0.6) is 0 Å². The van der Waals surface area contributed by atoms with Gasteiger partial charge in [-0.25, -0.2) is 4.39 Å². The van der Waals surface area contributed by atoms with Crippen LogP contribution in [0.3, 0.4) is 0 Å². The van der Waals surface area contributed by atoms with E-state index in [1.807, 2.05) is 6.92 Å². The molecule has 1 aliphatic rings. The Morgan fingerprint density at radius 1 is 1.44 bits per heavy atom. The minimum atomic E-state index is -2.52. The Labute approximate surface area is 98.9 Å². The zero-order valence-corrected chi connectivity index (χ0v) is 8.85. The summed E-state index contributed by atoms with van der Waals surface area (Å²) in [5, 5.41) is 0. The maximum Gasteiger partial charge on any atom is 0.146 e. The molecule has 1 aromatic rings. The van der Waals surface area contributed by atoms with E-state index in [-0.39, 0.29) is 17.6 Å². The Kier molecular flexibility index (Phi) is 2.06. The van der Waals surface area contributed by atoms with Gasteiger partial charge in [0.05, 0.1) is 16.8 Å². The van der Waals surface area contributed by atoms with E-state index in [4.69, 9.17) is 8.85 Å². The van der Waals surface area contributed by atoms with Gasteiger partial charge in [0.1, 0.15) is 11.6 Å². The van der Waals surface area contributed by atoms with Crippen LogP contribution in [-0.2, 0) is 4.74 Å². The van der Waals surface area contributed by atoms with Crippen LogP contribution in [0.4, 0.5) is 10.1 Å². The van der Waals surface area contributed by atoms with Gasteiger partial charge in [-0.15, -0.1) is 0 Å². The van der Waals surface area contributed by atoms with Crippen molar-refractivity contribution in [1.82, 2.24) is 0 Å². The van der Waals surface area contributed by atoms with Crippen molar-refractivity contribution in [1.29, 1.82) is 0 Å². The molecule has 1 atom stereocenters. The lowest BCUT2D eigenvalue weighted by Crippen LogP contribution is -2.29. The second kappa shape index (κ2) is 4.39. The number of allylic oxidation sites excluding steroid dienone is 1. The SMILES string of the molecule is [2H]C([2H])([2H])OC1=CN(c2ccccc2F)C(C)C=C1. The monoisotopic (exact) mass is 222 g/mol. The minimum absolute atomic E-state index is 0.0825. The largest absolute Gasteiger partial charge is 0.495 e. The Bertz CT molecular complexity index is 525. The summed E-state index contributed by atoms with van der Waals surface area (Å²) in [4.78, 5) is 1.64. The predicted molar refractivity (Wildman–Crippen MR) is 62.6 cm³/mol. The molecule has 16 heavy (non-hydrogen) atoms. The average molecular weight is 222 g/mol. The summed E-state index contributed by atoms with van der Waals surface area (Å²) in [5.41, 5.74) is 0.381. The molecule has 0 aromatic heterocycles. The second-order valence-corrected chi connectivity index (χ2v) is 3.59. The van der Waals surface area contributed by atoms with Crippen LogP contribution in [0.2, 0.25) is 0 Å². The molecule has 1 aromatic carbocycles. The standard InChI is InChI=1S/C13H14FNO/c1-10-7-8-11(16-2)9-15(10)13-6-4-3-5-12(13)14/h3-10H,1-2H3/i2D3. The van der Waals surface area contributed by atoms with Crippen molar-refractivity contribution in [2.75, 3.05) is 11.9 Å². The van der Waals surface area contributed by atoms with E-state index in [2.05, 4.69) is 0 Å². The number of hydrogen-bond donors (Lipinski definition) is 0. The molecule has 1 aliphatic heterocycles. The van der Waals surface area contributed by atoms with Gasteiger partial charge in [0.2, 0.25) is 0 Å². The maximum absolute atomic E-state index is 13.8. The van der Waals surface area contributed by atoms with E-state index in [0.717, 1.165) is 0 Å². The van der Waals surface area contributed by atoms with Crippen LogP contribution in [0.15, 0.2) is 48.4 Å². The van der Waals surface area contributed by atoms with E-state index in [1.54, 1.807) is 35.3 Å². The molecule has 2 nitrogen and oxygen atoms in total. The van der Waals surface area contributed by atoms with Gasteiger partial charge in [0.25, 0.3) is 0 Å². The molecule has 3 heteroatoms. The van der Waals surface area contributed by atoms with Crippen molar-refractivity contribution in [3.05, 3.63) is 54.2 Å². The van der Waals surface area contributed by atoms with Crippen molar-refractivity contribution in [2.45, 2.75) is 13.0 Å². The lowest BCUT2D eigenvalue weighted by Gasteiger charge is -2.29. The van der Waals surface area contributed by atoms with Crippen molar-refractivity contribution in [3.8, 4) is 0 Å². The van der Waals surface area contributed by atoms with E-state index >= 15 is 0 Å². The number of nitrogens with zero attached hydrogens (tertiary/aromatic N) is 1. The van der Waals surface area contributed by atoms with E-state index in [9.17, 15) is 4.39 Å². The van der Waals surface area contributed by atoms with Crippen LogP contribution in [0, 0.1) is 5.82 Å². The third-order valence-electron chi connectivity index (χ3n) is 2.49. The molecule has 0 spiro atoms. The molecule has 0 radical (unpaired) electrons. The summed E-state index contributed by atoms with van der Waals surface area (Å²) in [6.45, 7) is 1.88. The molecule has 0 saturated carbocycles. The highest BCUT2D eigenvalue weighted by Crippen LogP contribution is 2.25. The highest BCUT2D eigenvalue weighted by molar-refractivity contribution is 5.54. The van der Waals surface area contributed by atoms with Gasteiger partial charge >= 0.3 is 0 Å². The number of anilines is 1. The van der Waals surface area contributed by atoms with E-state index < -0.39 is 7.04 Å². The first-order chi connectivity index (χ1) is 8.87. The summed E-state index contributed by atoms with van der Waals surface area (Å²) < 4.78 is 39.8. The topological polar surface area (TPSA) is 12.5 Å². The minimum Gasteiger partial charge on any atom is -0.495 e. The number of hydrogen-bond acceptors (Lipinski definition) is 2. The highest BCUT2D eigenvalue weighted by Gasteiger charge is 2.17. The number of para-hydroxylation sites is 1. The first kappa shape index (κ1) is 7.49. The lowest BCUT2D eigenvalue weighted by atomic mass is 10.1. The molecule has 2 rings (SSSR count). The normalized spacial score (nSPS) is 23.1. The predicted octanol–water partition coefficient (Wildman–Crippen LogP) is 3.08. The summed E-state index contributed by atoms with van der Waals surface area (Å²) >= 11 is 0. The van der Waals surface area contributed by atoms with Crippen LogP contribution >= 0.6 is 0 Å². The zero-order chi connectivity index (χ0) is 14.0. The number of rotatable bonds is 2. The fourth-order valence-electron chi connectivity index (χ4n) is 1.63. The van der Waals surface area contributed by atoms with Crippen LogP contribution in [0.25, 0.3) is 0 Å². The Morgan fingerprint density at radius 2 is 2.25 bits per heavy atom. The van der Waals surface area contributed by atoms with E-state index in [1.165, 1.54) is 12.3 Å². The first-order valence-electron chi connectivity index (χ1n) is 6.49. The van der Waals surface area contributed by atoms with Gasteiger partial charge in [-0.1, -0.05) is 18.2 Å². The number of ether oxygens (including phenoxy) is 1. The van der Waals surface area contributed by atoms with Gasteiger partial charge < -0.3 is 9.64 Å². The summed E-state index contributed by atoms with van der Waals surface area (Å²) in [7, 11) is -2.52. The van der Waals surface area contributed by atoms with Crippen LogP contribution < -0.4 is 4.90 Å². The summed E-state index contributed by atoms with van der Waals surface area (Å²) in [5.74, 6) is -0.185. The van der Waals surface area contributed by atoms with Crippen LogP contribution in [0.1, 0.15) is 11.0 Å². The van der Waals surface area contributed by atoms with Gasteiger partial charge in [-0.2, -0.15) is 0 Å². The molecule has 0 N–H and O–H groups in total. The fourth-order valence-corrected chi connectivity index (χ4v) is 1.63. The molecule has 0 fully saturated rings. The summed E-state index contributed by atoms with van der Waals surface area (Å²) in [6, 6.07) is 6.24. The molecular formula is C13H14FNO. The Morgan fingerprint density at radius 3 is 3.00 bits per heavy atom. The molecule has 1 unspecified atom stereocenters. The van der Waals surface area contributed by atoms with Crippen LogP contribution in [-0.4, -0.2) is 13.1 Å². The Balaban J connectivity index is 2.30. The molecular weight excluding hydrogens is 205 g/mol. The third kappa shape index (κ3) is 1.94. The maximum atomic E-state index is 13.8. The summed E-state index contributed by atoms with van der Waals surface area (Å²) in [6.07, 6.45) is 4.83. The lowest BCUT2D eigenvalue weighted by molar-refractivity contribution is 0.303. The quantitative estimate of drug-likeness (QED) is 0.762. The Hall–Kier alpha value is -1.77. The third-order valence-corrected chi connectivity index (χ3v) is 2.49. The van der Waals surface area contributed by atoms with Crippen molar-refractivity contribution >= 4 is 5.69 Å². The zero-order valence-electron chi connectivity index (χ0n) is 11.9. The van der Waals surface area contributed by atoms with Gasteiger partial charge in [-0.3, -0.25) is 0 Å². The van der Waals surface area contributed by atoms with Crippen molar-refractivity contribution < 1.29 is 13.2 Å². The van der Waals surface area contributed by atoms with Gasteiger partial charge in [0.15, 0.2) is 0 Å². The van der Waals surface area contributed by atoms with Gasteiger partial charge in [0, 0.05) is 12.2 Å². The number of benzene rings is 1. The molecule has 0 bridgehead atoms. The molecule has 0 amide bonds. The molecule has 84 valence electrons. The molecule has 1 heterocycles. The van der Waals surface area contributed by atoms with E-state index in [0.29, 0.717) is 5.69 Å². The van der Waals surface area contributed by atoms with Crippen molar-refractivity contribution in [2.24, 2.45) is 0 Å². The first-order valence-corrected chi connectivity index (χ1v) is 4.99. The highest BCUT2D eigenvalue weighted by atomic mass is 19.1. The van der Waals surface area contributed by atoms with Crippen molar-refractivity contribution in [3.63, 3.8) is 0 Å². The number of halogens is 1. The average Bonchev–Trinajstić information content (AvgIpc) is 2.31. The fraction of sp³-hybridized carbons (Fsp3) is 0.231. The molecule has 0 aliphatic carbocycles. The van der Waals surface area contributed by atoms with Gasteiger partial charge in [-0.05, 0) is 25.1 Å². The second-order valence-electron chi connectivity index (χ2n) is 3.59.